The van der Waals surface area contributed by atoms with Gasteiger partial charge in [0, 0.05) is 0 Å². The summed E-state index contributed by atoms with van der Waals surface area (Å²) in [5, 5.41) is 11.6. The van der Waals surface area contributed by atoms with Crippen molar-refractivity contribution in [3.05, 3.63) is 0 Å². The number of carbonyl (C=O) groups excluding carboxylic acids is 1. The van der Waals surface area contributed by atoms with E-state index in [1.165, 1.54) is 0 Å². The topological polar surface area (TPSA) is 75.6 Å². The number of aliphatic carboxylic acids is 1. The quantitative estimate of drug-likeness (QED) is 0.592. The predicted molar refractivity (Wildman–Crippen MR) is 75.5 cm³/mol. The van der Waals surface area contributed by atoms with Crippen LogP contribution in [0.2, 0.25) is 13.1 Å². The summed E-state index contributed by atoms with van der Waals surface area (Å²) in [5.41, 5.74) is -0.862. The Labute approximate surface area is 116 Å². The molecule has 1 aliphatic heterocycles. The molecule has 5 nitrogen and oxygen atoms in total. The molecule has 0 aromatic carbocycles. The summed E-state index contributed by atoms with van der Waals surface area (Å²) in [6.45, 7) is 12.2. The third kappa shape index (κ3) is 3.17. The highest BCUT2D eigenvalue weighted by Gasteiger charge is 2.57. The van der Waals surface area contributed by atoms with Crippen LogP contribution in [0.5, 0.6) is 0 Å². The number of nitrogens with one attached hydrogen (secondary N) is 1. The van der Waals surface area contributed by atoms with Crippen LogP contribution in [0.3, 0.4) is 0 Å². The zero-order valence-corrected chi connectivity index (χ0v) is 13.8. The van der Waals surface area contributed by atoms with Gasteiger partial charge in [0.2, 0.25) is 5.91 Å². The molecule has 1 rings (SSSR count). The highest BCUT2D eigenvalue weighted by molar-refractivity contribution is 6.48. The van der Waals surface area contributed by atoms with E-state index in [9.17, 15) is 9.59 Å². The third-order valence-electron chi connectivity index (χ3n) is 3.97. The minimum Gasteiger partial charge on any atom is -0.481 e. The molecule has 0 aliphatic carbocycles. The molecule has 0 saturated carbocycles. The first-order chi connectivity index (χ1) is 8.49. The second-order valence-corrected chi connectivity index (χ2v) is 9.05. The van der Waals surface area contributed by atoms with Gasteiger partial charge in [0.05, 0.1) is 24.0 Å². The Morgan fingerprint density at radius 2 is 1.89 bits per heavy atom. The summed E-state index contributed by atoms with van der Waals surface area (Å²) in [6.07, 6.45) is -0.0505. The summed E-state index contributed by atoms with van der Waals surface area (Å²) in [6, 6.07) is -0.332. The van der Waals surface area contributed by atoms with Crippen LogP contribution in [-0.4, -0.2) is 37.7 Å². The zero-order valence-electron chi connectivity index (χ0n) is 12.6. The number of rotatable bonds is 5. The van der Waals surface area contributed by atoms with Crippen molar-refractivity contribution in [2.24, 2.45) is 11.3 Å². The second kappa shape index (κ2) is 5.24. The van der Waals surface area contributed by atoms with Gasteiger partial charge in [-0.1, -0.05) is 20.8 Å². The Balaban J connectivity index is 3.03. The Kier molecular flexibility index (Phi) is 4.46. The van der Waals surface area contributed by atoms with Gasteiger partial charge in [-0.05, 0) is 25.4 Å². The van der Waals surface area contributed by atoms with Crippen molar-refractivity contribution in [1.29, 1.82) is 0 Å². The fraction of sp³-hybridized carbons (Fsp3) is 0.846. The minimum absolute atomic E-state index is 0.0505. The smallest absolute Gasteiger partial charge is 0.305 e. The van der Waals surface area contributed by atoms with E-state index in [0.717, 1.165) is 0 Å². The lowest BCUT2D eigenvalue weighted by atomic mass is 9.64. The van der Waals surface area contributed by atoms with E-state index in [1.54, 1.807) is 0 Å². The average molecular weight is 287 g/mol. The van der Waals surface area contributed by atoms with Crippen LogP contribution < -0.4 is 5.32 Å². The molecule has 0 unspecified atom stereocenters. The summed E-state index contributed by atoms with van der Waals surface area (Å²) >= 11 is 0. The van der Waals surface area contributed by atoms with E-state index < -0.39 is 26.5 Å². The molecule has 0 aromatic heterocycles. The molecule has 0 bridgehead atoms. The molecule has 110 valence electrons. The number of hydrogen-bond donors (Lipinski definition) is 2. The third-order valence-corrected chi connectivity index (χ3v) is 4.93. The largest absolute Gasteiger partial charge is 0.481 e. The average Bonchev–Trinajstić information content (AvgIpc) is 2.11. The van der Waals surface area contributed by atoms with Crippen LogP contribution in [0.4, 0.5) is 0 Å². The lowest BCUT2D eigenvalue weighted by Gasteiger charge is -2.54. The fourth-order valence-electron chi connectivity index (χ4n) is 2.64. The second-order valence-electron chi connectivity index (χ2n) is 6.71. The molecule has 0 aromatic rings. The van der Waals surface area contributed by atoms with Gasteiger partial charge in [-0.3, -0.25) is 9.59 Å². The van der Waals surface area contributed by atoms with Gasteiger partial charge in [0.1, 0.15) is 0 Å². The van der Waals surface area contributed by atoms with Crippen LogP contribution in [0.25, 0.3) is 0 Å². The molecule has 1 heterocycles. The summed E-state index contributed by atoms with van der Waals surface area (Å²) in [7, 11) is -1.35. The normalized spacial score (nSPS) is 26.6. The number of carboxylic acids is 1. The number of hydrogen-bond acceptors (Lipinski definition) is 3. The van der Waals surface area contributed by atoms with Crippen LogP contribution >= 0.6 is 0 Å². The van der Waals surface area contributed by atoms with E-state index in [1.807, 2.05) is 27.7 Å². The molecule has 6 heteroatoms. The first-order valence-electron chi connectivity index (χ1n) is 6.69. The number of amides is 1. The van der Waals surface area contributed by atoms with E-state index in [-0.39, 0.29) is 23.8 Å². The Morgan fingerprint density at radius 1 is 1.37 bits per heavy atom. The van der Waals surface area contributed by atoms with Crippen LogP contribution in [0.15, 0.2) is 0 Å². The van der Waals surface area contributed by atoms with Crippen molar-refractivity contribution in [3.8, 4) is 0 Å². The lowest BCUT2D eigenvalue weighted by molar-refractivity contribution is -0.162. The lowest BCUT2D eigenvalue weighted by Crippen LogP contribution is -2.70. The Morgan fingerprint density at radius 3 is 2.21 bits per heavy atom. The first-order valence-corrected chi connectivity index (χ1v) is 9.47. The molecule has 2 N–H and O–H groups in total. The van der Waals surface area contributed by atoms with E-state index in [0.29, 0.717) is 0 Å². The molecule has 0 radical (unpaired) electrons. The van der Waals surface area contributed by atoms with Crippen molar-refractivity contribution in [2.45, 2.75) is 58.9 Å². The van der Waals surface area contributed by atoms with Crippen molar-refractivity contribution in [3.63, 3.8) is 0 Å². The van der Waals surface area contributed by atoms with Crippen molar-refractivity contribution >= 4 is 20.9 Å². The van der Waals surface area contributed by atoms with Crippen molar-refractivity contribution < 1.29 is 19.1 Å². The first kappa shape index (κ1) is 16.2. The van der Waals surface area contributed by atoms with Crippen LogP contribution in [0, 0.1) is 11.3 Å². The molecular formula is C13H25NO4Si. The number of β-lactam (4-membered cyclic amide) rings is 1. The van der Waals surface area contributed by atoms with Gasteiger partial charge < -0.3 is 14.8 Å². The molecule has 1 aliphatic rings. The zero-order chi connectivity index (χ0) is 15.0. The summed E-state index contributed by atoms with van der Waals surface area (Å²) < 4.78 is 6.17. The number of carboxylic acid groups (broad SMARTS) is 1. The maximum Gasteiger partial charge on any atom is 0.305 e. The van der Waals surface area contributed by atoms with Crippen LogP contribution in [-0.2, 0) is 14.0 Å². The predicted octanol–water partition coefficient (Wildman–Crippen LogP) is 1.38. The molecular weight excluding hydrogens is 262 g/mol. The maximum absolute atomic E-state index is 11.9. The van der Waals surface area contributed by atoms with Crippen molar-refractivity contribution in [2.75, 3.05) is 0 Å². The Hall–Kier alpha value is -0.883. The van der Waals surface area contributed by atoms with Gasteiger partial charge in [-0.2, -0.15) is 0 Å². The SMILES string of the molecule is C[SiH](C)O[C@](C)([C@H]1C(=O)N[C@@H]1CC(=O)O)C(C)(C)C. The van der Waals surface area contributed by atoms with E-state index >= 15 is 0 Å². The summed E-state index contributed by atoms with van der Waals surface area (Å²) in [5.74, 6) is -1.38. The van der Waals surface area contributed by atoms with Gasteiger partial charge in [0.15, 0.2) is 9.04 Å². The van der Waals surface area contributed by atoms with Gasteiger partial charge in [-0.25, -0.2) is 0 Å². The highest BCUT2D eigenvalue weighted by atomic mass is 28.3. The Bertz CT molecular complexity index is 377. The fourth-order valence-corrected chi connectivity index (χ4v) is 4.12. The van der Waals surface area contributed by atoms with Crippen molar-refractivity contribution in [1.82, 2.24) is 5.32 Å². The van der Waals surface area contributed by atoms with Crippen LogP contribution in [0.1, 0.15) is 34.1 Å². The molecule has 1 fully saturated rings. The highest BCUT2D eigenvalue weighted by Crippen LogP contribution is 2.45. The molecule has 3 atom stereocenters. The molecule has 0 spiro atoms. The van der Waals surface area contributed by atoms with Gasteiger partial charge in [0.25, 0.3) is 0 Å². The summed E-state index contributed by atoms with van der Waals surface area (Å²) in [4.78, 5) is 22.8. The number of carbonyl (C=O) groups is 2. The standard InChI is InChI=1S/C13H25NO4Si/c1-12(2,3)13(4,18-19(5)6)10-8(7-9(15)16)14-11(10)17/h8,10,19H,7H2,1-6H3,(H,14,17)(H,15,16)/t8-,10-,13-/m1/s1. The van der Waals surface area contributed by atoms with Gasteiger partial charge >= 0.3 is 5.97 Å². The molecule has 1 amide bonds. The van der Waals surface area contributed by atoms with E-state index in [4.69, 9.17) is 9.53 Å². The van der Waals surface area contributed by atoms with Gasteiger partial charge in [-0.15, -0.1) is 0 Å². The maximum atomic E-state index is 11.9. The molecule has 19 heavy (non-hydrogen) atoms. The monoisotopic (exact) mass is 287 g/mol. The molecule has 1 saturated heterocycles. The minimum atomic E-state index is -1.35. The van der Waals surface area contributed by atoms with E-state index in [2.05, 4.69) is 18.4 Å².